The summed E-state index contributed by atoms with van der Waals surface area (Å²) in [5.74, 6) is 0.545. The van der Waals surface area contributed by atoms with Crippen molar-refractivity contribution in [1.29, 1.82) is 0 Å². The molecule has 0 saturated heterocycles. The van der Waals surface area contributed by atoms with E-state index in [9.17, 15) is 0 Å². The van der Waals surface area contributed by atoms with Crippen LogP contribution in [0.1, 0.15) is 0 Å². The van der Waals surface area contributed by atoms with E-state index < -0.39 is 0 Å². The molecule has 0 unspecified atom stereocenters. The molecule has 0 aliphatic rings. The van der Waals surface area contributed by atoms with Crippen molar-refractivity contribution in [3.8, 4) is 11.5 Å². The quantitative estimate of drug-likeness (QED) is 0.614. The zero-order chi connectivity index (χ0) is 11.7. The number of hydrogen-bond donors (Lipinski definition) is 0. The van der Waals surface area contributed by atoms with Crippen LogP contribution in [0.25, 0.3) is 22.4 Å². The predicted octanol–water partition coefficient (Wildman–Crippen LogP) is 3.35. The summed E-state index contributed by atoms with van der Waals surface area (Å²) in [4.78, 5) is 12.8. The first-order valence-electron chi connectivity index (χ1n) is 5.18. The van der Waals surface area contributed by atoms with Crippen LogP contribution in [0.2, 0.25) is 5.15 Å². The fourth-order valence-electron chi connectivity index (χ4n) is 1.65. The third kappa shape index (κ3) is 1.97. The number of benzene rings is 1. The van der Waals surface area contributed by atoms with Crippen LogP contribution < -0.4 is 0 Å². The van der Waals surface area contributed by atoms with E-state index in [2.05, 4.69) is 15.0 Å². The lowest BCUT2D eigenvalue weighted by molar-refractivity contribution is 1.15. The lowest BCUT2D eigenvalue weighted by Crippen LogP contribution is -1.91. The topological polar surface area (TPSA) is 38.7 Å². The third-order valence-electron chi connectivity index (χ3n) is 2.45. The molecule has 0 radical (unpaired) electrons. The third-order valence-corrected chi connectivity index (χ3v) is 2.66. The van der Waals surface area contributed by atoms with Crippen LogP contribution in [-0.4, -0.2) is 15.0 Å². The molecule has 0 fully saturated rings. The Kier molecular flexibility index (Phi) is 2.46. The van der Waals surface area contributed by atoms with Crippen LogP contribution in [0, 0.1) is 0 Å². The van der Waals surface area contributed by atoms with E-state index in [-0.39, 0.29) is 0 Å². The monoisotopic (exact) mass is 241 g/mol. The van der Waals surface area contributed by atoms with Crippen LogP contribution in [0.15, 0.2) is 48.7 Å². The molecule has 2 heterocycles. The van der Waals surface area contributed by atoms with Crippen LogP contribution in [0.4, 0.5) is 0 Å². The SMILES string of the molecule is Clc1ccnc(-c2ccc3ccccc3n2)n1. The highest BCUT2D eigenvalue weighted by Gasteiger charge is 2.04. The normalized spacial score (nSPS) is 10.6. The maximum absolute atomic E-state index is 5.83. The summed E-state index contributed by atoms with van der Waals surface area (Å²) >= 11 is 5.83. The standard InChI is InChI=1S/C13H8ClN3/c14-12-7-8-15-13(17-12)11-6-5-9-3-1-2-4-10(9)16-11/h1-8H. The molecule has 3 aromatic rings. The molecule has 0 bridgehead atoms. The molecule has 0 aliphatic heterocycles. The van der Waals surface area contributed by atoms with E-state index in [1.54, 1.807) is 12.3 Å². The number of hydrogen-bond acceptors (Lipinski definition) is 3. The number of aromatic nitrogens is 3. The zero-order valence-corrected chi connectivity index (χ0v) is 9.59. The highest BCUT2D eigenvalue weighted by Crippen LogP contribution is 2.18. The second kappa shape index (κ2) is 4.11. The molecule has 0 spiro atoms. The molecule has 0 atom stereocenters. The van der Waals surface area contributed by atoms with Gasteiger partial charge in [-0.05, 0) is 18.2 Å². The lowest BCUT2D eigenvalue weighted by Gasteiger charge is -2.01. The molecular formula is C13H8ClN3. The number of nitrogens with zero attached hydrogens (tertiary/aromatic N) is 3. The molecule has 3 rings (SSSR count). The minimum Gasteiger partial charge on any atom is -0.244 e. The Morgan fingerprint density at radius 1 is 0.882 bits per heavy atom. The van der Waals surface area contributed by atoms with Crippen LogP contribution in [0.3, 0.4) is 0 Å². The number of halogens is 1. The zero-order valence-electron chi connectivity index (χ0n) is 8.84. The number of fused-ring (bicyclic) bond motifs is 1. The van der Waals surface area contributed by atoms with E-state index in [0.29, 0.717) is 11.0 Å². The Morgan fingerprint density at radius 3 is 2.65 bits per heavy atom. The van der Waals surface area contributed by atoms with Gasteiger partial charge in [0.25, 0.3) is 0 Å². The van der Waals surface area contributed by atoms with Crippen LogP contribution in [-0.2, 0) is 0 Å². The van der Waals surface area contributed by atoms with Gasteiger partial charge in [0.15, 0.2) is 5.82 Å². The second-order valence-corrected chi connectivity index (χ2v) is 3.98. The van der Waals surface area contributed by atoms with Gasteiger partial charge in [-0.15, -0.1) is 0 Å². The van der Waals surface area contributed by atoms with Gasteiger partial charge in [-0.2, -0.15) is 0 Å². The van der Waals surface area contributed by atoms with Crippen molar-refractivity contribution in [2.45, 2.75) is 0 Å². The molecule has 82 valence electrons. The fraction of sp³-hybridized carbons (Fsp3) is 0. The van der Waals surface area contributed by atoms with Crippen molar-refractivity contribution < 1.29 is 0 Å². The van der Waals surface area contributed by atoms with E-state index in [1.165, 1.54) is 0 Å². The van der Waals surface area contributed by atoms with Crippen molar-refractivity contribution in [3.05, 3.63) is 53.8 Å². The highest BCUT2D eigenvalue weighted by molar-refractivity contribution is 6.29. The minimum atomic E-state index is 0.421. The fourth-order valence-corrected chi connectivity index (χ4v) is 1.79. The Balaban J connectivity index is 2.18. The number of rotatable bonds is 1. The number of pyridine rings is 1. The first kappa shape index (κ1) is 10.2. The van der Waals surface area contributed by atoms with E-state index in [1.807, 2.05) is 36.4 Å². The largest absolute Gasteiger partial charge is 0.244 e. The molecule has 4 heteroatoms. The van der Waals surface area contributed by atoms with Crippen molar-refractivity contribution in [3.63, 3.8) is 0 Å². The summed E-state index contributed by atoms with van der Waals surface area (Å²) in [5.41, 5.74) is 1.65. The van der Waals surface area contributed by atoms with Crippen molar-refractivity contribution in [2.24, 2.45) is 0 Å². The molecule has 0 N–H and O–H groups in total. The Morgan fingerprint density at radius 2 is 1.76 bits per heavy atom. The molecule has 1 aromatic carbocycles. The maximum Gasteiger partial charge on any atom is 0.179 e. The van der Waals surface area contributed by atoms with Gasteiger partial charge in [0, 0.05) is 11.6 Å². The van der Waals surface area contributed by atoms with Gasteiger partial charge in [0.2, 0.25) is 0 Å². The van der Waals surface area contributed by atoms with Gasteiger partial charge in [-0.3, -0.25) is 0 Å². The predicted molar refractivity (Wildman–Crippen MR) is 67.8 cm³/mol. The van der Waals surface area contributed by atoms with Gasteiger partial charge in [0.05, 0.1) is 5.52 Å². The van der Waals surface area contributed by atoms with E-state index in [0.717, 1.165) is 16.6 Å². The Labute approximate surface area is 103 Å². The van der Waals surface area contributed by atoms with Crippen LogP contribution in [0.5, 0.6) is 0 Å². The summed E-state index contributed by atoms with van der Waals surface area (Å²) < 4.78 is 0. The molecule has 0 saturated carbocycles. The lowest BCUT2D eigenvalue weighted by atomic mass is 10.2. The van der Waals surface area contributed by atoms with Crippen molar-refractivity contribution in [1.82, 2.24) is 15.0 Å². The molecule has 0 amide bonds. The molecule has 17 heavy (non-hydrogen) atoms. The van der Waals surface area contributed by atoms with E-state index >= 15 is 0 Å². The van der Waals surface area contributed by atoms with Gasteiger partial charge in [-0.1, -0.05) is 35.9 Å². The van der Waals surface area contributed by atoms with Gasteiger partial charge in [-0.25, -0.2) is 15.0 Å². The Bertz CT molecular complexity index is 682. The second-order valence-electron chi connectivity index (χ2n) is 3.59. The average molecular weight is 242 g/mol. The van der Waals surface area contributed by atoms with Gasteiger partial charge < -0.3 is 0 Å². The minimum absolute atomic E-state index is 0.421. The smallest absolute Gasteiger partial charge is 0.179 e. The number of para-hydroxylation sites is 1. The molecular weight excluding hydrogens is 234 g/mol. The first-order chi connectivity index (χ1) is 8.33. The first-order valence-corrected chi connectivity index (χ1v) is 5.55. The van der Waals surface area contributed by atoms with E-state index in [4.69, 9.17) is 11.6 Å². The summed E-state index contributed by atoms with van der Waals surface area (Å²) in [5, 5.41) is 1.52. The summed E-state index contributed by atoms with van der Waals surface area (Å²) in [7, 11) is 0. The Hall–Kier alpha value is -2.00. The van der Waals surface area contributed by atoms with Gasteiger partial charge in [0.1, 0.15) is 10.8 Å². The maximum atomic E-state index is 5.83. The molecule has 2 aromatic heterocycles. The van der Waals surface area contributed by atoms with Crippen molar-refractivity contribution >= 4 is 22.5 Å². The van der Waals surface area contributed by atoms with Crippen LogP contribution >= 0.6 is 11.6 Å². The highest BCUT2D eigenvalue weighted by atomic mass is 35.5. The van der Waals surface area contributed by atoms with Crippen molar-refractivity contribution in [2.75, 3.05) is 0 Å². The molecule has 3 nitrogen and oxygen atoms in total. The van der Waals surface area contributed by atoms with Gasteiger partial charge >= 0.3 is 0 Å². The summed E-state index contributed by atoms with van der Waals surface area (Å²) in [6, 6.07) is 13.5. The average Bonchev–Trinajstić information content (AvgIpc) is 2.38. The summed E-state index contributed by atoms with van der Waals surface area (Å²) in [6.07, 6.45) is 1.63. The molecule has 0 aliphatic carbocycles. The summed E-state index contributed by atoms with van der Waals surface area (Å²) in [6.45, 7) is 0.